The second kappa shape index (κ2) is 10.3. The van der Waals surface area contributed by atoms with Gasteiger partial charge in [0.2, 0.25) is 0 Å². The van der Waals surface area contributed by atoms with Gasteiger partial charge in [-0.25, -0.2) is 0 Å². The van der Waals surface area contributed by atoms with Gasteiger partial charge in [0.15, 0.2) is 5.11 Å². The molecule has 0 radical (unpaired) electrons. The molecule has 29 heavy (non-hydrogen) atoms. The molecule has 0 bridgehead atoms. The van der Waals surface area contributed by atoms with E-state index in [4.69, 9.17) is 17.0 Å². The summed E-state index contributed by atoms with van der Waals surface area (Å²) in [5.74, 6) is 1.56. The van der Waals surface area contributed by atoms with Crippen molar-refractivity contribution in [2.45, 2.75) is 32.7 Å². The zero-order valence-electron chi connectivity index (χ0n) is 17.4. The maximum atomic E-state index is 5.57. The van der Waals surface area contributed by atoms with E-state index in [0.29, 0.717) is 11.7 Å². The Morgan fingerprint density at radius 2 is 2.10 bits per heavy atom. The third kappa shape index (κ3) is 6.23. The first-order valence-corrected chi connectivity index (χ1v) is 10.7. The summed E-state index contributed by atoms with van der Waals surface area (Å²) in [6.07, 6.45) is 4.34. The average molecular weight is 410 g/mol. The van der Waals surface area contributed by atoms with Crippen LogP contribution in [0.4, 0.5) is 11.4 Å². The molecule has 154 valence electrons. The number of rotatable bonds is 7. The topological polar surface area (TPSA) is 36.5 Å². The molecule has 1 saturated heterocycles. The standard InChI is InChI=1S/C24H31N3OS/c1-4-15-28-23-9-5-8-21(16-23)26-24(29)25-19(3)20-10-12-22(13-11-20)27-14-6-7-18(2)17-27/h4-5,8-13,16,18-19H,1,6-7,14-15,17H2,2-3H3,(H2,25,26,29)/t18-,19-/m1/s1. The van der Waals surface area contributed by atoms with Crippen LogP contribution in [0.15, 0.2) is 61.2 Å². The molecule has 2 N–H and O–H groups in total. The number of anilines is 2. The molecule has 2 atom stereocenters. The Balaban J connectivity index is 1.54. The largest absolute Gasteiger partial charge is 0.489 e. The first-order chi connectivity index (χ1) is 14.0. The summed E-state index contributed by atoms with van der Waals surface area (Å²) in [5, 5.41) is 7.19. The first kappa shape index (κ1) is 21.2. The molecule has 3 rings (SSSR count). The Morgan fingerprint density at radius 1 is 1.31 bits per heavy atom. The van der Waals surface area contributed by atoms with E-state index in [1.54, 1.807) is 6.08 Å². The van der Waals surface area contributed by atoms with Crippen LogP contribution in [0.1, 0.15) is 38.3 Å². The van der Waals surface area contributed by atoms with Crippen LogP contribution in [-0.4, -0.2) is 24.8 Å². The van der Waals surface area contributed by atoms with Crippen LogP contribution in [0, 0.1) is 5.92 Å². The predicted octanol–water partition coefficient (Wildman–Crippen LogP) is 5.54. The molecule has 1 aliphatic rings. The minimum Gasteiger partial charge on any atom is -0.489 e. The molecule has 0 aromatic heterocycles. The fourth-order valence-corrected chi connectivity index (χ4v) is 3.96. The zero-order valence-corrected chi connectivity index (χ0v) is 18.2. The third-order valence-electron chi connectivity index (χ3n) is 5.22. The lowest BCUT2D eigenvalue weighted by Gasteiger charge is -2.33. The molecule has 0 aliphatic carbocycles. The van der Waals surface area contributed by atoms with Crippen LogP contribution in [0.25, 0.3) is 0 Å². The van der Waals surface area contributed by atoms with Crippen LogP contribution in [0.3, 0.4) is 0 Å². The van der Waals surface area contributed by atoms with Crippen LogP contribution in [0.5, 0.6) is 5.75 Å². The quantitative estimate of drug-likeness (QED) is 0.464. The summed E-state index contributed by atoms with van der Waals surface area (Å²) >= 11 is 5.50. The molecular formula is C24H31N3OS. The molecule has 1 heterocycles. The summed E-state index contributed by atoms with van der Waals surface area (Å²) in [6.45, 7) is 10.9. The van der Waals surface area contributed by atoms with Gasteiger partial charge >= 0.3 is 0 Å². The number of benzene rings is 2. The second-order valence-electron chi connectivity index (χ2n) is 7.73. The summed E-state index contributed by atoms with van der Waals surface area (Å²) in [6, 6.07) is 16.7. The van der Waals surface area contributed by atoms with E-state index in [0.717, 1.165) is 30.4 Å². The maximum absolute atomic E-state index is 5.57. The van der Waals surface area contributed by atoms with E-state index in [1.807, 2.05) is 24.3 Å². The number of thiocarbonyl (C=S) groups is 1. The average Bonchev–Trinajstić information content (AvgIpc) is 2.72. The monoisotopic (exact) mass is 409 g/mol. The van der Waals surface area contributed by atoms with E-state index in [-0.39, 0.29) is 6.04 Å². The Morgan fingerprint density at radius 3 is 2.83 bits per heavy atom. The number of nitrogens with one attached hydrogen (secondary N) is 2. The summed E-state index contributed by atoms with van der Waals surface area (Å²) in [7, 11) is 0. The van der Waals surface area contributed by atoms with E-state index >= 15 is 0 Å². The Bertz CT molecular complexity index is 821. The van der Waals surface area contributed by atoms with Crippen molar-refractivity contribution in [1.82, 2.24) is 5.32 Å². The van der Waals surface area contributed by atoms with E-state index in [9.17, 15) is 0 Å². The van der Waals surface area contributed by atoms with Crippen LogP contribution in [0.2, 0.25) is 0 Å². The molecule has 5 heteroatoms. The molecule has 0 amide bonds. The highest BCUT2D eigenvalue weighted by Gasteiger charge is 2.17. The number of nitrogens with zero attached hydrogens (tertiary/aromatic N) is 1. The van der Waals surface area contributed by atoms with Gasteiger partial charge in [0.05, 0.1) is 6.04 Å². The van der Waals surface area contributed by atoms with E-state index in [2.05, 4.69) is 60.2 Å². The molecule has 2 aromatic rings. The molecular weight excluding hydrogens is 378 g/mol. The van der Waals surface area contributed by atoms with Gasteiger partial charge in [0, 0.05) is 30.5 Å². The predicted molar refractivity (Wildman–Crippen MR) is 127 cm³/mol. The van der Waals surface area contributed by atoms with Crippen LogP contribution < -0.4 is 20.3 Å². The van der Waals surface area contributed by atoms with Gasteiger partial charge in [-0.05, 0) is 67.7 Å². The number of hydrogen-bond acceptors (Lipinski definition) is 3. The summed E-state index contributed by atoms with van der Waals surface area (Å²) in [4.78, 5) is 2.49. The normalized spacial score (nSPS) is 17.3. The fraction of sp³-hybridized carbons (Fsp3) is 0.375. The molecule has 0 unspecified atom stereocenters. The third-order valence-corrected chi connectivity index (χ3v) is 5.44. The minimum absolute atomic E-state index is 0.115. The fourth-order valence-electron chi connectivity index (χ4n) is 3.66. The van der Waals surface area contributed by atoms with Crippen molar-refractivity contribution in [1.29, 1.82) is 0 Å². The van der Waals surface area contributed by atoms with Gasteiger partial charge in [0.25, 0.3) is 0 Å². The highest BCUT2D eigenvalue weighted by Crippen LogP contribution is 2.25. The summed E-state index contributed by atoms with van der Waals surface area (Å²) in [5.41, 5.74) is 3.42. The highest BCUT2D eigenvalue weighted by atomic mass is 32.1. The molecule has 4 nitrogen and oxygen atoms in total. The van der Waals surface area contributed by atoms with E-state index < -0.39 is 0 Å². The molecule has 0 saturated carbocycles. The van der Waals surface area contributed by atoms with Crippen molar-refractivity contribution in [2.75, 3.05) is 29.9 Å². The Hall–Kier alpha value is -2.53. The number of hydrogen-bond donors (Lipinski definition) is 2. The number of piperidine rings is 1. The van der Waals surface area contributed by atoms with Crippen molar-refractivity contribution in [2.24, 2.45) is 5.92 Å². The maximum Gasteiger partial charge on any atom is 0.171 e. The first-order valence-electron chi connectivity index (χ1n) is 10.3. The lowest BCUT2D eigenvalue weighted by molar-refractivity contribution is 0.363. The highest BCUT2D eigenvalue weighted by molar-refractivity contribution is 7.80. The smallest absolute Gasteiger partial charge is 0.171 e. The van der Waals surface area contributed by atoms with E-state index in [1.165, 1.54) is 24.1 Å². The van der Waals surface area contributed by atoms with Gasteiger partial charge in [0.1, 0.15) is 12.4 Å². The van der Waals surface area contributed by atoms with Crippen molar-refractivity contribution in [3.8, 4) is 5.75 Å². The van der Waals surface area contributed by atoms with Crippen LogP contribution >= 0.6 is 12.2 Å². The minimum atomic E-state index is 0.115. The molecule has 1 aliphatic heterocycles. The second-order valence-corrected chi connectivity index (χ2v) is 8.14. The lowest BCUT2D eigenvalue weighted by Crippen LogP contribution is -2.34. The van der Waals surface area contributed by atoms with Crippen molar-refractivity contribution in [3.05, 3.63) is 66.7 Å². The van der Waals surface area contributed by atoms with Crippen LogP contribution in [-0.2, 0) is 0 Å². The van der Waals surface area contributed by atoms with Gasteiger partial charge in [-0.1, -0.05) is 37.8 Å². The number of ether oxygens (including phenoxy) is 1. The van der Waals surface area contributed by atoms with Gasteiger partial charge < -0.3 is 20.3 Å². The Labute approximate surface area is 180 Å². The molecule has 1 fully saturated rings. The molecule has 2 aromatic carbocycles. The van der Waals surface area contributed by atoms with Gasteiger partial charge in [-0.2, -0.15) is 0 Å². The van der Waals surface area contributed by atoms with Crippen molar-refractivity contribution in [3.63, 3.8) is 0 Å². The summed E-state index contributed by atoms with van der Waals surface area (Å²) < 4.78 is 5.57. The van der Waals surface area contributed by atoms with Gasteiger partial charge in [-0.3, -0.25) is 0 Å². The lowest BCUT2D eigenvalue weighted by atomic mass is 9.99. The van der Waals surface area contributed by atoms with Gasteiger partial charge in [-0.15, -0.1) is 0 Å². The molecule has 0 spiro atoms. The SMILES string of the molecule is C=CCOc1cccc(NC(=S)N[C@H](C)c2ccc(N3CCC[C@@H](C)C3)cc2)c1. The Kier molecular flexibility index (Phi) is 7.53. The zero-order chi connectivity index (χ0) is 20.6. The van der Waals surface area contributed by atoms with Crippen molar-refractivity contribution < 1.29 is 4.74 Å². The van der Waals surface area contributed by atoms with Crippen molar-refractivity contribution >= 4 is 28.7 Å².